The van der Waals surface area contributed by atoms with Crippen LogP contribution in [0.1, 0.15) is 15.9 Å². The number of methoxy groups -OCH3 is 3. The highest BCUT2D eigenvalue weighted by Crippen LogP contribution is 2.30. The van der Waals surface area contributed by atoms with E-state index < -0.39 is 0 Å². The molecular formula is C23H23NO5. The van der Waals surface area contributed by atoms with Crippen LogP contribution in [-0.2, 0) is 6.61 Å². The Morgan fingerprint density at radius 3 is 2.17 bits per heavy atom. The maximum Gasteiger partial charge on any atom is 0.255 e. The number of rotatable bonds is 8. The number of nitrogens with one attached hydrogen (secondary N) is 1. The first kappa shape index (κ1) is 20.1. The van der Waals surface area contributed by atoms with Crippen molar-refractivity contribution in [2.75, 3.05) is 26.6 Å². The van der Waals surface area contributed by atoms with Crippen LogP contribution in [-0.4, -0.2) is 27.2 Å². The van der Waals surface area contributed by atoms with Gasteiger partial charge < -0.3 is 24.3 Å². The molecule has 0 aliphatic heterocycles. The van der Waals surface area contributed by atoms with Gasteiger partial charge in [0.2, 0.25) is 0 Å². The molecule has 0 heterocycles. The summed E-state index contributed by atoms with van der Waals surface area (Å²) in [7, 11) is 4.70. The van der Waals surface area contributed by atoms with Crippen LogP contribution in [0.4, 0.5) is 5.69 Å². The molecule has 0 spiro atoms. The highest BCUT2D eigenvalue weighted by molar-refractivity contribution is 6.04. The molecule has 0 atom stereocenters. The Morgan fingerprint density at radius 1 is 0.793 bits per heavy atom. The third kappa shape index (κ3) is 4.99. The average molecular weight is 393 g/mol. The van der Waals surface area contributed by atoms with Crippen LogP contribution in [0.5, 0.6) is 23.0 Å². The summed E-state index contributed by atoms with van der Waals surface area (Å²) >= 11 is 0. The van der Waals surface area contributed by atoms with Gasteiger partial charge in [-0.05, 0) is 42.5 Å². The van der Waals surface area contributed by atoms with Crippen molar-refractivity contribution in [1.82, 2.24) is 0 Å². The van der Waals surface area contributed by atoms with Crippen LogP contribution in [0.2, 0.25) is 0 Å². The van der Waals surface area contributed by atoms with Gasteiger partial charge in [-0.2, -0.15) is 0 Å². The monoisotopic (exact) mass is 393 g/mol. The maximum atomic E-state index is 12.7. The summed E-state index contributed by atoms with van der Waals surface area (Å²) in [6.45, 7) is 0.282. The van der Waals surface area contributed by atoms with Crippen LogP contribution in [0.25, 0.3) is 0 Å². The number of hydrogen-bond acceptors (Lipinski definition) is 5. The molecule has 0 bridgehead atoms. The highest BCUT2D eigenvalue weighted by atomic mass is 16.5. The van der Waals surface area contributed by atoms with E-state index in [1.54, 1.807) is 57.7 Å². The predicted octanol–water partition coefficient (Wildman–Crippen LogP) is 4.54. The smallest absolute Gasteiger partial charge is 0.255 e. The van der Waals surface area contributed by atoms with Gasteiger partial charge in [0, 0.05) is 22.9 Å². The SMILES string of the molecule is COc1ccc(C(=O)Nc2ccc(OC)c(OC)c2)cc1COc1ccccc1. The first-order chi connectivity index (χ1) is 14.1. The van der Waals surface area contributed by atoms with Crippen LogP contribution in [0.15, 0.2) is 66.7 Å². The zero-order chi connectivity index (χ0) is 20.6. The second kappa shape index (κ2) is 9.50. The lowest BCUT2D eigenvalue weighted by Gasteiger charge is -2.13. The highest BCUT2D eigenvalue weighted by Gasteiger charge is 2.13. The Hall–Kier alpha value is -3.67. The molecule has 6 heteroatoms. The molecule has 3 aromatic rings. The summed E-state index contributed by atoms with van der Waals surface area (Å²) in [6.07, 6.45) is 0. The third-order valence-electron chi connectivity index (χ3n) is 4.32. The van der Waals surface area contributed by atoms with Crippen molar-refractivity contribution in [2.45, 2.75) is 6.61 Å². The van der Waals surface area contributed by atoms with Crippen LogP contribution >= 0.6 is 0 Å². The lowest BCUT2D eigenvalue weighted by Crippen LogP contribution is -2.13. The molecule has 1 amide bonds. The molecule has 0 aliphatic carbocycles. The Kier molecular flexibility index (Phi) is 6.58. The van der Waals surface area contributed by atoms with Gasteiger partial charge in [0.15, 0.2) is 11.5 Å². The number of carbonyl (C=O) groups is 1. The normalized spacial score (nSPS) is 10.2. The second-order valence-corrected chi connectivity index (χ2v) is 6.15. The largest absolute Gasteiger partial charge is 0.496 e. The Morgan fingerprint density at radius 2 is 1.48 bits per heavy atom. The van der Waals surface area contributed by atoms with E-state index in [9.17, 15) is 4.79 Å². The number of carbonyl (C=O) groups excluding carboxylic acids is 1. The molecule has 3 aromatic carbocycles. The van der Waals surface area contributed by atoms with Gasteiger partial charge >= 0.3 is 0 Å². The number of benzene rings is 3. The maximum absolute atomic E-state index is 12.7. The van der Waals surface area contributed by atoms with E-state index in [0.29, 0.717) is 28.5 Å². The lowest BCUT2D eigenvalue weighted by atomic mass is 10.1. The van der Waals surface area contributed by atoms with E-state index in [0.717, 1.165) is 11.3 Å². The third-order valence-corrected chi connectivity index (χ3v) is 4.32. The summed E-state index contributed by atoms with van der Waals surface area (Å²) < 4.78 is 21.7. The summed E-state index contributed by atoms with van der Waals surface area (Å²) in [5.74, 6) is 2.28. The molecule has 6 nitrogen and oxygen atoms in total. The molecule has 0 radical (unpaired) electrons. The molecule has 0 fully saturated rings. The van der Waals surface area contributed by atoms with Crippen molar-refractivity contribution in [2.24, 2.45) is 0 Å². The van der Waals surface area contributed by atoms with E-state index in [1.165, 1.54) is 0 Å². The van der Waals surface area contributed by atoms with Gasteiger partial charge in [-0.3, -0.25) is 4.79 Å². The fraction of sp³-hybridized carbons (Fsp3) is 0.174. The number of ether oxygens (including phenoxy) is 4. The van der Waals surface area contributed by atoms with Crippen molar-refractivity contribution in [3.05, 3.63) is 77.9 Å². The van der Waals surface area contributed by atoms with Crippen molar-refractivity contribution >= 4 is 11.6 Å². The summed E-state index contributed by atoms with van der Waals surface area (Å²) in [5, 5.41) is 2.87. The fourth-order valence-electron chi connectivity index (χ4n) is 2.83. The molecule has 0 unspecified atom stereocenters. The average Bonchev–Trinajstić information content (AvgIpc) is 2.78. The van der Waals surface area contributed by atoms with Crippen LogP contribution < -0.4 is 24.3 Å². The van der Waals surface area contributed by atoms with Gasteiger partial charge in [0.1, 0.15) is 18.1 Å². The number of anilines is 1. The molecule has 0 aliphatic rings. The number of amides is 1. The molecule has 0 saturated heterocycles. The van der Waals surface area contributed by atoms with Gasteiger partial charge in [0.25, 0.3) is 5.91 Å². The minimum absolute atomic E-state index is 0.249. The second-order valence-electron chi connectivity index (χ2n) is 6.15. The van der Waals surface area contributed by atoms with Crippen molar-refractivity contribution < 1.29 is 23.7 Å². The zero-order valence-corrected chi connectivity index (χ0v) is 16.6. The van der Waals surface area contributed by atoms with E-state index in [4.69, 9.17) is 18.9 Å². The Labute approximate surface area is 170 Å². The van der Waals surface area contributed by atoms with Gasteiger partial charge in [-0.1, -0.05) is 18.2 Å². The topological polar surface area (TPSA) is 66.0 Å². The minimum atomic E-state index is -0.249. The first-order valence-electron chi connectivity index (χ1n) is 9.02. The van der Waals surface area contributed by atoms with Crippen molar-refractivity contribution in [3.8, 4) is 23.0 Å². The van der Waals surface area contributed by atoms with E-state index in [2.05, 4.69) is 5.32 Å². The minimum Gasteiger partial charge on any atom is -0.496 e. The zero-order valence-electron chi connectivity index (χ0n) is 16.6. The molecule has 3 rings (SSSR count). The standard InChI is InChI=1S/C23H23NO5/c1-26-20-11-9-16(13-17(20)15-29-19-7-5-4-6-8-19)23(25)24-18-10-12-21(27-2)22(14-18)28-3/h4-14H,15H2,1-3H3,(H,24,25). The fourth-order valence-corrected chi connectivity index (χ4v) is 2.83. The summed E-state index contributed by atoms with van der Waals surface area (Å²) in [6, 6.07) is 19.9. The molecule has 1 N–H and O–H groups in total. The molecule has 0 saturated carbocycles. The van der Waals surface area contributed by atoms with Crippen molar-refractivity contribution in [3.63, 3.8) is 0 Å². The van der Waals surface area contributed by atoms with E-state index in [1.807, 2.05) is 30.3 Å². The van der Waals surface area contributed by atoms with Crippen LogP contribution in [0.3, 0.4) is 0 Å². The van der Waals surface area contributed by atoms with E-state index >= 15 is 0 Å². The lowest BCUT2D eigenvalue weighted by molar-refractivity contribution is 0.102. The quantitative estimate of drug-likeness (QED) is 0.608. The van der Waals surface area contributed by atoms with E-state index in [-0.39, 0.29) is 12.5 Å². The molecular weight excluding hydrogens is 370 g/mol. The van der Waals surface area contributed by atoms with Gasteiger partial charge in [-0.15, -0.1) is 0 Å². The summed E-state index contributed by atoms with van der Waals surface area (Å²) in [5.41, 5.74) is 1.87. The number of hydrogen-bond donors (Lipinski definition) is 1. The molecule has 0 aromatic heterocycles. The predicted molar refractivity (Wildman–Crippen MR) is 111 cm³/mol. The Bertz CT molecular complexity index is 972. The summed E-state index contributed by atoms with van der Waals surface area (Å²) in [4.78, 5) is 12.7. The van der Waals surface area contributed by atoms with Gasteiger partial charge in [0.05, 0.1) is 21.3 Å². The molecule has 150 valence electrons. The molecule has 29 heavy (non-hydrogen) atoms. The first-order valence-corrected chi connectivity index (χ1v) is 9.02. The van der Waals surface area contributed by atoms with Crippen molar-refractivity contribution in [1.29, 1.82) is 0 Å². The Balaban J connectivity index is 1.76. The number of para-hydroxylation sites is 1. The van der Waals surface area contributed by atoms with Gasteiger partial charge in [-0.25, -0.2) is 0 Å². The van der Waals surface area contributed by atoms with Crippen LogP contribution in [0, 0.1) is 0 Å².